The standard InChI is InChI=1S/C36H29FN2O4S2/c1-3-42-35(41)31-32(24-9-5-4-6-10-24)38-36-39(33(31)25-15-19-28(44-2)20-16-25)34(40)30(45-36)21-23-13-17-27(18-14-23)43-22-26-11-7-8-12-29(26)37/h4-21,33H,3,22H2,1-2H3/b30-21-/t33-/m0/s1. The van der Waals surface area contributed by atoms with Crippen molar-refractivity contribution in [3.63, 3.8) is 0 Å². The van der Waals surface area contributed by atoms with E-state index < -0.39 is 12.0 Å². The van der Waals surface area contributed by atoms with Crippen molar-refractivity contribution >= 4 is 40.8 Å². The normalized spacial score (nSPS) is 14.6. The predicted octanol–water partition coefficient (Wildman–Crippen LogP) is 6.38. The number of rotatable bonds is 9. The lowest BCUT2D eigenvalue weighted by molar-refractivity contribution is -0.138. The van der Waals surface area contributed by atoms with Crippen LogP contribution in [0.1, 0.15) is 35.2 Å². The Morgan fingerprint density at radius 2 is 1.69 bits per heavy atom. The van der Waals surface area contributed by atoms with E-state index in [1.165, 1.54) is 17.4 Å². The molecule has 1 aromatic heterocycles. The summed E-state index contributed by atoms with van der Waals surface area (Å²) in [6, 6.07) is 30.3. The van der Waals surface area contributed by atoms with Gasteiger partial charge in [-0.25, -0.2) is 14.2 Å². The maximum absolute atomic E-state index is 14.1. The second-order valence-corrected chi connectivity index (χ2v) is 12.0. The smallest absolute Gasteiger partial charge is 0.338 e. The van der Waals surface area contributed by atoms with E-state index in [1.807, 2.05) is 73.0 Å². The van der Waals surface area contributed by atoms with Gasteiger partial charge in [-0.2, -0.15) is 0 Å². The number of thioether (sulfide) groups is 1. The summed E-state index contributed by atoms with van der Waals surface area (Å²) in [6.45, 7) is 2.05. The Balaban J connectivity index is 1.44. The first-order chi connectivity index (χ1) is 22.0. The highest BCUT2D eigenvalue weighted by atomic mass is 32.2. The number of aromatic nitrogens is 1. The number of halogens is 1. The van der Waals surface area contributed by atoms with E-state index in [2.05, 4.69) is 0 Å². The SMILES string of the molecule is CCOC(=O)C1=C(c2ccccc2)N=c2s/c(=C\c3ccc(OCc4ccccc4F)cc3)c(=O)n2[C@H]1c1ccc(SC)cc1. The molecule has 9 heteroatoms. The van der Waals surface area contributed by atoms with Gasteiger partial charge in [0.15, 0.2) is 4.80 Å². The third-order valence-electron chi connectivity index (χ3n) is 7.34. The Morgan fingerprint density at radius 3 is 2.38 bits per heavy atom. The van der Waals surface area contributed by atoms with E-state index in [1.54, 1.807) is 59.7 Å². The van der Waals surface area contributed by atoms with Crippen molar-refractivity contribution in [1.82, 2.24) is 4.57 Å². The summed E-state index contributed by atoms with van der Waals surface area (Å²) in [7, 11) is 0. The minimum absolute atomic E-state index is 0.106. The third kappa shape index (κ3) is 6.41. The average Bonchev–Trinajstić information content (AvgIpc) is 3.38. The Morgan fingerprint density at radius 1 is 0.978 bits per heavy atom. The largest absolute Gasteiger partial charge is 0.489 e. The van der Waals surface area contributed by atoms with E-state index in [9.17, 15) is 14.0 Å². The van der Waals surface area contributed by atoms with Crippen LogP contribution in [0.25, 0.3) is 11.8 Å². The molecule has 0 aliphatic carbocycles. The van der Waals surface area contributed by atoms with Crippen LogP contribution >= 0.6 is 23.1 Å². The van der Waals surface area contributed by atoms with Crippen LogP contribution in [0.15, 0.2) is 123 Å². The molecule has 0 saturated carbocycles. The maximum Gasteiger partial charge on any atom is 0.338 e. The zero-order valence-corrected chi connectivity index (χ0v) is 26.2. The Labute approximate surface area is 267 Å². The number of thiazole rings is 1. The Hall–Kier alpha value is -4.73. The molecule has 0 saturated heterocycles. The fourth-order valence-electron chi connectivity index (χ4n) is 5.13. The molecular weight excluding hydrogens is 608 g/mol. The topological polar surface area (TPSA) is 69.9 Å². The number of esters is 1. The lowest BCUT2D eigenvalue weighted by Gasteiger charge is -2.26. The number of nitrogens with zero attached hydrogens (tertiary/aromatic N) is 2. The summed E-state index contributed by atoms with van der Waals surface area (Å²) in [5.41, 5.74) is 3.33. The lowest BCUT2D eigenvalue weighted by Crippen LogP contribution is -2.40. The van der Waals surface area contributed by atoms with Gasteiger partial charge in [0.1, 0.15) is 18.2 Å². The number of carbonyl (C=O) groups excluding carboxylic acids is 1. The highest BCUT2D eigenvalue weighted by Gasteiger charge is 2.35. The van der Waals surface area contributed by atoms with Crippen molar-refractivity contribution in [3.8, 4) is 5.75 Å². The third-order valence-corrected chi connectivity index (χ3v) is 9.06. The summed E-state index contributed by atoms with van der Waals surface area (Å²) >= 11 is 2.88. The number of fused-ring (bicyclic) bond motifs is 1. The van der Waals surface area contributed by atoms with Crippen molar-refractivity contribution < 1.29 is 18.7 Å². The summed E-state index contributed by atoms with van der Waals surface area (Å²) in [6.07, 6.45) is 3.80. The van der Waals surface area contributed by atoms with Gasteiger partial charge in [-0.05, 0) is 60.7 Å². The zero-order valence-electron chi connectivity index (χ0n) is 24.6. The molecule has 0 unspecified atom stereocenters. The highest BCUT2D eigenvalue weighted by molar-refractivity contribution is 7.98. The number of ether oxygens (including phenoxy) is 2. The molecule has 6 nitrogen and oxygen atoms in total. The maximum atomic E-state index is 14.1. The Kier molecular flexibility index (Phi) is 9.09. The van der Waals surface area contributed by atoms with Gasteiger partial charge in [-0.1, -0.05) is 84.1 Å². The molecule has 0 fully saturated rings. The summed E-state index contributed by atoms with van der Waals surface area (Å²) in [5, 5.41) is 0. The van der Waals surface area contributed by atoms with E-state index in [4.69, 9.17) is 14.5 Å². The fourth-order valence-corrected chi connectivity index (χ4v) is 6.54. The average molecular weight is 637 g/mol. The van der Waals surface area contributed by atoms with Crippen LogP contribution in [0.2, 0.25) is 0 Å². The van der Waals surface area contributed by atoms with Gasteiger partial charge in [0.2, 0.25) is 0 Å². The number of carbonyl (C=O) groups is 1. The summed E-state index contributed by atoms with van der Waals surface area (Å²) in [5.74, 6) is -0.249. The van der Waals surface area contributed by atoms with Gasteiger partial charge in [-0.3, -0.25) is 9.36 Å². The molecule has 0 N–H and O–H groups in total. The molecule has 0 bridgehead atoms. The number of hydrogen-bond acceptors (Lipinski definition) is 7. The van der Waals surface area contributed by atoms with Crippen molar-refractivity contribution in [2.45, 2.75) is 24.5 Å². The van der Waals surface area contributed by atoms with Crippen LogP contribution < -0.4 is 19.6 Å². The molecular formula is C36H29FN2O4S2. The molecule has 0 amide bonds. The van der Waals surface area contributed by atoms with Crippen LogP contribution in [0.4, 0.5) is 4.39 Å². The first-order valence-corrected chi connectivity index (χ1v) is 16.4. The molecule has 1 atom stereocenters. The van der Waals surface area contributed by atoms with Gasteiger partial charge in [0, 0.05) is 16.0 Å². The van der Waals surface area contributed by atoms with Crippen LogP contribution in [-0.2, 0) is 16.1 Å². The van der Waals surface area contributed by atoms with Crippen LogP contribution in [-0.4, -0.2) is 23.4 Å². The molecule has 45 heavy (non-hydrogen) atoms. The van der Waals surface area contributed by atoms with Crippen LogP contribution in [0.3, 0.4) is 0 Å². The minimum atomic E-state index is -0.734. The van der Waals surface area contributed by atoms with E-state index in [0.717, 1.165) is 21.6 Å². The molecule has 2 heterocycles. The van der Waals surface area contributed by atoms with Gasteiger partial charge in [0.05, 0.1) is 28.5 Å². The molecule has 4 aromatic carbocycles. The van der Waals surface area contributed by atoms with E-state index in [0.29, 0.717) is 31.9 Å². The molecule has 1 aliphatic rings. The van der Waals surface area contributed by atoms with Crippen molar-refractivity contribution in [1.29, 1.82) is 0 Å². The van der Waals surface area contributed by atoms with Gasteiger partial charge < -0.3 is 9.47 Å². The predicted molar refractivity (Wildman–Crippen MR) is 176 cm³/mol. The van der Waals surface area contributed by atoms with Crippen LogP contribution in [0, 0.1) is 5.82 Å². The van der Waals surface area contributed by atoms with Crippen LogP contribution in [0.5, 0.6) is 5.75 Å². The summed E-state index contributed by atoms with van der Waals surface area (Å²) < 4.78 is 27.4. The summed E-state index contributed by atoms with van der Waals surface area (Å²) in [4.78, 5) is 34.1. The molecule has 1 aliphatic heterocycles. The minimum Gasteiger partial charge on any atom is -0.489 e. The Bertz CT molecular complexity index is 2050. The van der Waals surface area contributed by atoms with Crippen molar-refractivity contribution in [2.24, 2.45) is 4.99 Å². The number of benzene rings is 4. The highest BCUT2D eigenvalue weighted by Crippen LogP contribution is 2.35. The quantitative estimate of drug-likeness (QED) is 0.139. The van der Waals surface area contributed by atoms with Gasteiger partial charge in [-0.15, -0.1) is 11.8 Å². The van der Waals surface area contributed by atoms with E-state index >= 15 is 0 Å². The second-order valence-electron chi connectivity index (χ2n) is 10.2. The molecule has 6 rings (SSSR count). The van der Waals surface area contributed by atoms with Crippen molar-refractivity contribution in [3.05, 3.63) is 156 Å². The monoisotopic (exact) mass is 636 g/mol. The zero-order chi connectivity index (χ0) is 31.3. The molecule has 226 valence electrons. The lowest BCUT2D eigenvalue weighted by atomic mass is 9.93. The van der Waals surface area contributed by atoms with Gasteiger partial charge >= 0.3 is 5.97 Å². The molecule has 0 radical (unpaired) electrons. The second kappa shape index (κ2) is 13.5. The fraction of sp³-hybridized carbons (Fsp3) is 0.139. The van der Waals surface area contributed by atoms with Gasteiger partial charge in [0.25, 0.3) is 5.56 Å². The van der Waals surface area contributed by atoms with Crippen molar-refractivity contribution in [2.75, 3.05) is 12.9 Å². The van der Waals surface area contributed by atoms with E-state index in [-0.39, 0.29) is 24.6 Å². The number of hydrogen-bond donors (Lipinski definition) is 0. The first-order valence-electron chi connectivity index (χ1n) is 14.4. The molecule has 0 spiro atoms. The first kappa shape index (κ1) is 30.3. The molecule has 5 aromatic rings.